The van der Waals surface area contributed by atoms with E-state index < -0.39 is 18.2 Å². The largest absolute Gasteiger partial charge is 0.478 e. The summed E-state index contributed by atoms with van der Waals surface area (Å²) in [5.74, 6) is -1.10. The topological polar surface area (TPSA) is 139 Å². The number of aromatic carboxylic acids is 1. The number of carboxylic acid groups (broad SMARTS) is 2. The Labute approximate surface area is 155 Å². The van der Waals surface area contributed by atoms with Gasteiger partial charge in [0.25, 0.3) is 0 Å². The van der Waals surface area contributed by atoms with E-state index in [1.165, 1.54) is 6.07 Å². The van der Waals surface area contributed by atoms with Crippen LogP contribution in [0.25, 0.3) is 6.08 Å². The fourth-order valence-corrected chi connectivity index (χ4v) is 2.02. The van der Waals surface area contributed by atoms with Crippen LogP contribution < -0.4 is 11.1 Å². The lowest BCUT2D eigenvalue weighted by molar-refractivity contribution is 0.0698. The summed E-state index contributed by atoms with van der Waals surface area (Å²) in [6.07, 6.45) is 1.52. The van der Waals surface area contributed by atoms with Gasteiger partial charge < -0.3 is 20.7 Å². The number of carbonyl (C=O) groups excluding carboxylic acids is 1. The first-order chi connectivity index (χ1) is 12.8. The Morgan fingerprint density at radius 3 is 2.30 bits per heavy atom. The summed E-state index contributed by atoms with van der Waals surface area (Å²) >= 11 is 0. The molecule has 0 saturated heterocycles. The van der Waals surface area contributed by atoms with Crippen molar-refractivity contribution >= 4 is 29.9 Å². The van der Waals surface area contributed by atoms with Gasteiger partial charge in [0.05, 0.1) is 11.3 Å². The Kier molecular flexibility index (Phi) is 8.60. The van der Waals surface area contributed by atoms with Crippen molar-refractivity contribution in [2.45, 2.75) is 6.92 Å². The minimum absolute atomic E-state index is 0.0294. The predicted molar refractivity (Wildman–Crippen MR) is 101 cm³/mol. The molecule has 5 N–H and O–H groups in total. The Hall–Kier alpha value is -3.81. The Morgan fingerprint density at radius 2 is 1.70 bits per heavy atom. The molecule has 0 aliphatic heterocycles. The quantitative estimate of drug-likeness (QED) is 0.632. The summed E-state index contributed by atoms with van der Waals surface area (Å²) in [5, 5.41) is 18.8. The fraction of sp³-hybridized carbons (Fsp3) is 0.105. The van der Waals surface area contributed by atoms with Crippen LogP contribution in [0.1, 0.15) is 21.5 Å². The number of ether oxygens (including phenoxy) is 1. The average Bonchev–Trinajstić information content (AvgIpc) is 2.61. The van der Waals surface area contributed by atoms with Crippen molar-refractivity contribution < 1.29 is 29.3 Å². The van der Waals surface area contributed by atoms with E-state index in [9.17, 15) is 9.59 Å². The second-order valence-corrected chi connectivity index (χ2v) is 5.18. The molecule has 2 aromatic rings. The summed E-state index contributed by atoms with van der Waals surface area (Å²) in [4.78, 5) is 31.7. The lowest BCUT2D eigenvalue weighted by Gasteiger charge is -2.11. The number of anilines is 1. The lowest BCUT2D eigenvalue weighted by Crippen LogP contribution is -2.17. The molecule has 2 rings (SSSR count). The van der Waals surface area contributed by atoms with Crippen LogP contribution in [-0.4, -0.2) is 35.0 Å². The first-order valence-electron chi connectivity index (χ1n) is 7.78. The molecule has 0 atom stereocenters. The van der Waals surface area contributed by atoms with Crippen LogP contribution in [0.5, 0.6) is 0 Å². The number of benzene rings is 2. The van der Waals surface area contributed by atoms with Gasteiger partial charge in [0.1, 0.15) is 6.61 Å². The van der Waals surface area contributed by atoms with Crippen molar-refractivity contribution in [3.63, 3.8) is 0 Å². The number of para-hydroxylation sites is 1. The number of primary amides is 1. The highest BCUT2D eigenvalue weighted by Gasteiger charge is 2.14. The van der Waals surface area contributed by atoms with Gasteiger partial charge in [0.15, 0.2) is 0 Å². The highest BCUT2D eigenvalue weighted by molar-refractivity contribution is 5.99. The zero-order valence-corrected chi connectivity index (χ0v) is 14.6. The maximum atomic E-state index is 11.8. The summed E-state index contributed by atoms with van der Waals surface area (Å²) in [7, 11) is 0. The molecular formula is C19H20N2O6. The predicted octanol–water partition coefficient (Wildman–Crippen LogP) is 3.58. The Morgan fingerprint density at radius 1 is 1.07 bits per heavy atom. The molecule has 8 nitrogen and oxygen atoms in total. The molecule has 0 unspecified atom stereocenters. The molecule has 8 heteroatoms. The van der Waals surface area contributed by atoms with Crippen LogP contribution in [-0.2, 0) is 4.74 Å². The van der Waals surface area contributed by atoms with E-state index in [0.29, 0.717) is 5.56 Å². The fourth-order valence-electron chi connectivity index (χ4n) is 2.02. The van der Waals surface area contributed by atoms with Gasteiger partial charge in [-0.1, -0.05) is 48.5 Å². The first-order valence-corrected chi connectivity index (χ1v) is 7.78. The van der Waals surface area contributed by atoms with Crippen molar-refractivity contribution in [3.8, 4) is 0 Å². The highest BCUT2D eigenvalue weighted by atomic mass is 16.5. The number of hydrogen-bond acceptors (Lipinski definition) is 4. The molecule has 0 bridgehead atoms. The van der Waals surface area contributed by atoms with E-state index in [-0.39, 0.29) is 17.9 Å². The molecule has 0 spiro atoms. The van der Waals surface area contributed by atoms with E-state index in [1.54, 1.807) is 25.1 Å². The maximum Gasteiger partial charge on any atom is 0.411 e. The zero-order valence-electron chi connectivity index (χ0n) is 14.6. The van der Waals surface area contributed by atoms with E-state index in [4.69, 9.17) is 19.7 Å². The van der Waals surface area contributed by atoms with Crippen molar-refractivity contribution in [1.29, 1.82) is 0 Å². The van der Waals surface area contributed by atoms with Crippen LogP contribution in [0.15, 0.2) is 54.6 Å². The second-order valence-electron chi connectivity index (χ2n) is 5.18. The van der Waals surface area contributed by atoms with Crippen LogP contribution >= 0.6 is 0 Å². The number of hydrogen-bond donors (Lipinski definition) is 4. The summed E-state index contributed by atoms with van der Waals surface area (Å²) in [6.45, 7) is 1.81. The number of amides is 2. The average molecular weight is 372 g/mol. The molecule has 0 heterocycles. The maximum absolute atomic E-state index is 11.8. The van der Waals surface area contributed by atoms with Crippen LogP contribution in [0.4, 0.5) is 15.3 Å². The standard InChI is InChI=1S/C18H17NO4.CH3NO2/c1-13-7-5-11-15(17(20)21)16(13)19-18(22)23-12-6-10-14-8-3-2-4-9-14;2-1(3)4/h2-11H,12H2,1H3,(H,19,22)(H,20,21);2H2,(H,3,4)/b10-6+;. The number of nitrogens with one attached hydrogen (secondary N) is 1. The number of carbonyl (C=O) groups is 3. The van der Waals surface area contributed by atoms with E-state index >= 15 is 0 Å². The molecule has 142 valence electrons. The summed E-state index contributed by atoms with van der Waals surface area (Å²) in [5.41, 5.74) is 5.96. The number of carboxylic acids is 1. The Balaban J connectivity index is 0.000000828. The van der Waals surface area contributed by atoms with E-state index in [2.05, 4.69) is 11.1 Å². The normalized spacial score (nSPS) is 9.81. The van der Waals surface area contributed by atoms with Gasteiger partial charge in [-0.15, -0.1) is 0 Å². The van der Waals surface area contributed by atoms with Gasteiger partial charge in [0.2, 0.25) is 0 Å². The van der Waals surface area contributed by atoms with Crippen molar-refractivity contribution in [3.05, 3.63) is 71.3 Å². The molecule has 0 radical (unpaired) electrons. The second kappa shape index (κ2) is 10.9. The molecule has 2 amide bonds. The van der Waals surface area contributed by atoms with Gasteiger partial charge in [-0.05, 0) is 30.2 Å². The van der Waals surface area contributed by atoms with Crippen LogP contribution in [0.2, 0.25) is 0 Å². The molecule has 0 saturated carbocycles. The lowest BCUT2D eigenvalue weighted by atomic mass is 10.1. The van der Waals surface area contributed by atoms with Gasteiger partial charge in [0, 0.05) is 0 Å². The SMILES string of the molecule is Cc1cccc(C(=O)O)c1NC(=O)OC/C=C/c1ccccc1.NC(=O)O. The first kappa shape index (κ1) is 21.2. The van der Waals surface area contributed by atoms with Gasteiger partial charge in [-0.3, -0.25) is 5.32 Å². The summed E-state index contributed by atoms with van der Waals surface area (Å²) < 4.78 is 5.03. The minimum atomic E-state index is -1.33. The van der Waals surface area contributed by atoms with E-state index in [1.807, 2.05) is 36.4 Å². The van der Waals surface area contributed by atoms with Crippen LogP contribution in [0, 0.1) is 6.92 Å². The van der Waals surface area contributed by atoms with Crippen LogP contribution in [0.3, 0.4) is 0 Å². The van der Waals surface area contributed by atoms with Gasteiger partial charge in [-0.2, -0.15) is 0 Å². The molecule has 0 aliphatic carbocycles. The van der Waals surface area contributed by atoms with Crippen molar-refractivity contribution in [2.75, 3.05) is 11.9 Å². The molecule has 0 fully saturated rings. The molecular weight excluding hydrogens is 352 g/mol. The molecule has 0 aliphatic rings. The molecule has 0 aromatic heterocycles. The zero-order chi connectivity index (χ0) is 20.2. The van der Waals surface area contributed by atoms with Crippen molar-refractivity contribution in [2.24, 2.45) is 5.73 Å². The van der Waals surface area contributed by atoms with Crippen molar-refractivity contribution in [1.82, 2.24) is 0 Å². The third kappa shape index (κ3) is 8.21. The third-order valence-corrected chi connectivity index (χ3v) is 3.15. The van der Waals surface area contributed by atoms with E-state index in [0.717, 1.165) is 5.56 Å². The summed E-state index contributed by atoms with van der Waals surface area (Å²) in [6, 6.07) is 14.4. The smallest absolute Gasteiger partial charge is 0.411 e. The third-order valence-electron chi connectivity index (χ3n) is 3.15. The minimum Gasteiger partial charge on any atom is -0.478 e. The van der Waals surface area contributed by atoms with Gasteiger partial charge in [-0.25, -0.2) is 14.4 Å². The monoisotopic (exact) mass is 372 g/mol. The number of aryl methyl sites for hydroxylation is 1. The molecule has 27 heavy (non-hydrogen) atoms. The molecule has 2 aromatic carbocycles. The van der Waals surface area contributed by atoms with Gasteiger partial charge >= 0.3 is 18.2 Å². The Bertz CT molecular complexity index is 814. The number of nitrogens with two attached hydrogens (primary N) is 1. The number of rotatable bonds is 5. The highest BCUT2D eigenvalue weighted by Crippen LogP contribution is 2.20.